The summed E-state index contributed by atoms with van der Waals surface area (Å²) < 4.78 is 0. The molecule has 1 unspecified atom stereocenters. The van der Waals surface area contributed by atoms with Crippen molar-refractivity contribution in [1.82, 2.24) is 0 Å². The molecule has 4 heteroatoms. The maximum absolute atomic E-state index is 12.0. The first-order valence-corrected chi connectivity index (χ1v) is 6.59. The van der Waals surface area contributed by atoms with Crippen molar-refractivity contribution in [1.29, 1.82) is 5.26 Å². The van der Waals surface area contributed by atoms with Crippen LogP contribution in [0, 0.1) is 17.2 Å². The van der Waals surface area contributed by atoms with Gasteiger partial charge in [-0.2, -0.15) is 5.26 Å². The van der Waals surface area contributed by atoms with Crippen LogP contribution < -0.4 is 0 Å². The van der Waals surface area contributed by atoms with Gasteiger partial charge in [-0.15, -0.1) is 0 Å². The summed E-state index contributed by atoms with van der Waals surface area (Å²) in [7, 11) is 0. The third kappa shape index (κ3) is 3.73. The van der Waals surface area contributed by atoms with E-state index in [1.54, 1.807) is 18.2 Å². The van der Waals surface area contributed by atoms with E-state index < -0.39 is 5.92 Å². The molecule has 0 saturated heterocycles. The Morgan fingerprint density at radius 3 is 2.33 bits per heavy atom. The molecule has 0 fully saturated rings. The first kappa shape index (κ1) is 15.0. The highest BCUT2D eigenvalue weighted by Gasteiger charge is 2.24. The van der Waals surface area contributed by atoms with E-state index in [0.29, 0.717) is 27.9 Å². The van der Waals surface area contributed by atoms with Crippen LogP contribution in [-0.4, -0.2) is 5.78 Å². The minimum Gasteiger partial charge on any atom is -0.298 e. The van der Waals surface area contributed by atoms with Gasteiger partial charge in [-0.05, 0) is 24.5 Å². The number of hydrogen-bond donors (Lipinski definition) is 0. The number of nitriles is 1. The Morgan fingerprint density at radius 2 is 1.89 bits per heavy atom. The lowest BCUT2D eigenvalue weighted by Crippen LogP contribution is -2.12. The molecule has 0 spiro atoms. The standard InChI is InChI=1S/C14H15Cl2NO/c1-9(2)6-7-13(18)10(8-17)14-11(15)4-3-5-12(14)16/h3-5,9-10H,6-7H2,1-2H3. The summed E-state index contributed by atoms with van der Waals surface area (Å²) in [5, 5.41) is 9.91. The molecule has 1 atom stereocenters. The fourth-order valence-electron chi connectivity index (χ4n) is 1.66. The van der Waals surface area contributed by atoms with Crippen LogP contribution in [0.2, 0.25) is 10.0 Å². The maximum atomic E-state index is 12.0. The molecule has 0 aromatic heterocycles. The van der Waals surface area contributed by atoms with Crippen LogP contribution in [-0.2, 0) is 4.79 Å². The molecule has 96 valence electrons. The summed E-state index contributed by atoms with van der Waals surface area (Å²) in [5.74, 6) is -0.568. The van der Waals surface area contributed by atoms with Crippen LogP contribution in [0.5, 0.6) is 0 Å². The van der Waals surface area contributed by atoms with Crippen LogP contribution in [0.1, 0.15) is 38.2 Å². The van der Waals surface area contributed by atoms with Gasteiger partial charge in [0.1, 0.15) is 5.92 Å². The van der Waals surface area contributed by atoms with Crippen molar-refractivity contribution in [2.75, 3.05) is 0 Å². The fourth-order valence-corrected chi connectivity index (χ4v) is 2.27. The van der Waals surface area contributed by atoms with Gasteiger partial charge in [-0.1, -0.05) is 43.1 Å². The van der Waals surface area contributed by atoms with Gasteiger partial charge in [0, 0.05) is 22.0 Å². The highest BCUT2D eigenvalue weighted by molar-refractivity contribution is 6.36. The summed E-state index contributed by atoms with van der Waals surface area (Å²) in [5.41, 5.74) is 0.428. The molecular weight excluding hydrogens is 269 g/mol. The molecule has 0 saturated carbocycles. The van der Waals surface area contributed by atoms with E-state index in [0.717, 1.165) is 6.42 Å². The zero-order chi connectivity index (χ0) is 13.7. The van der Waals surface area contributed by atoms with Crippen molar-refractivity contribution >= 4 is 29.0 Å². The monoisotopic (exact) mass is 283 g/mol. The fraction of sp³-hybridized carbons (Fsp3) is 0.429. The smallest absolute Gasteiger partial charge is 0.154 e. The third-order valence-corrected chi connectivity index (χ3v) is 3.37. The second kappa shape index (κ2) is 6.78. The highest BCUT2D eigenvalue weighted by Crippen LogP contribution is 2.32. The second-order valence-corrected chi connectivity index (χ2v) is 5.41. The zero-order valence-electron chi connectivity index (χ0n) is 10.4. The average molecular weight is 284 g/mol. The molecule has 0 aliphatic carbocycles. The molecule has 0 N–H and O–H groups in total. The molecular formula is C14H15Cl2NO. The van der Waals surface area contributed by atoms with Crippen molar-refractivity contribution in [3.05, 3.63) is 33.8 Å². The van der Waals surface area contributed by atoms with E-state index in [4.69, 9.17) is 23.2 Å². The lowest BCUT2D eigenvalue weighted by molar-refractivity contribution is -0.119. The number of carbonyl (C=O) groups is 1. The molecule has 1 rings (SSSR count). The first-order chi connectivity index (χ1) is 8.47. The van der Waals surface area contributed by atoms with Crippen molar-refractivity contribution in [3.8, 4) is 6.07 Å². The lowest BCUT2D eigenvalue weighted by atomic mass is 9.91. The van der Waals surface area contributed by atoms with Crippen LogP contribution >= 0.6 is 23.2 Å². The molecule has 1 aromatic rings. The van der Waals surface area contributed by atoms with Crippen LogP contribution in [0.4, 0.5) is 0 Å². The number of Topliss-reactive ketones (excluding diaryl/α,β-unsaturated/α-hetero) is 1. The average Bonchev–Trinajstić information content (AvgIpc) is 2.31. The maximum Gasteiger partial charge on any atom is 0.154 e. The number of ketones is 1. The number of rotatable bonds is 5. The Bertz CT molecular complexity index is 457. The number of benzene rings is 1. The summed E-state index contributed by atoms with van der Waals surface area (Å²) in [6, 6.07) is 6.98. The van der Waals surface area contributed by atoms with E-state index in [-0.39, 0.29) is 5.78 Å². The van der Waals surface area contributed by atoms with Gasteiger partial charge in [0.05, 0.1) is 6.07 Å². The zero-order valence-corrected chi connectivity index (χ0v) is 11.9. The van der Waals surface area contributed by atoms with Gasteiger partial charge in [0.2, 0.25) is 0 Å². The topological polar surface area (TPSA) is 40.9 Å². The Hall–Kier alpha value is -1.04. The third-order valence-electron chi connectivity index (χ3n) is 2.71. The molecule has 0 aliphatic heterocycles. The van der Waals surface area contributed by atoms with Gasteiger partial charge in [0.25, 0.3) is 0 Å². The van der Waals surface area contributed by atoms with Crippen molar-refractivity contribution < 1.29 is 4.79 Å². The quantitative estimate of drug-likeness (QED) is 0.792. The summed E-state index contributed by atoms with van der Waals surface area (Å²) >= 11 is 12.0. The van der Waals surface area contributed by atoms with E-state index in [1.165, 1.54) is 0 Å². The molecule has 2 nitrogen and oxygen atoms in total. The number of nitrogens with zero attached hydrogens (tertiary/aromatic N) is 1. The second-order valence-electron chi connectivity index (χ2n) is 4.60. The van der Waals surface area contributed by atoms with E-state index in [1.807, 2.05) is 19.9 Å². The number of halogens is 2. The van der Waals surface area contributed by atoms with Gasteiger partial charge in [-0.25, -0.2) is 0 Å². The first-order valence-electron chi connectivity index (χ1n) is 5.83. The molecule has 0 bridgehead atoms. The largest absolute Gasteiger partial charge is 0.298 e. The van der Waals surface area contributed by atoms with Crippen molar-refractivity contribution in [2.24, 2.45) is 5.92 Å². The van der Waals surface area contributed by atoms with Gasteiger partial charge >= 0.3 is 0 Å². The summed E-state index contributed by atoms with van der Waals surface area (Å²) in [6.45, 7) is 4.08. The highest BCUT2D eigenvalue weighted by atomic mass is 35.5. The molecule has 0 aliphatic rings. The van der Waals surface area contributed by atoms with Crippen molar-refractivity contribution in [2.45, 2.75) is 32.6 Å². The van der Waals surface area contributed by atoms with Crippen LogP contribution in [0.25, 0.3) is 0 Å². The van der Waals surface area contributed by atoms with Gasteiger partial charge < -0.3 is 0 Å². The molecule has 0 heterocycles. The van der Waals surface area contributed by atoms with E-state index in [9.17, 15) is 10.1 Å². The predicted octanol–water partition coefficient (Wildman–Crippen LogP) is 4.61. The molecule has 1 aromatic carbocycles. The summed E-state index contributed by atoms with van der Waals surface area (Å²) in [6.07, 6.45) is 1.14. The van der Waals surface area contributed by atoms with Gasteiger partial charge in [-0.3, -0.25) is 4.79 Å². The molecule has 18 heavy (non-hydrogen) atoms. The Balaban J connectivity index is 2.97. The summed E-state index contributed by atoms with van der Waals surface area (Å²) in [4.78, 5) is 12.0. The molecule has 0 amide bonds. The van der Waals surface area contributed by atoms with Crippen LogP contribution in [0.3, 0.4) is 0 Å². The predicted molar refractivity (Wildman–Crippen MR) is 73.9 cm³/mol. The number of carbonyl (C=O) groups excluding carboxylic acids is 1. The van der Waals surface area contributed by atoms with E-state index in [2.05, 4.69) is 0 Å². The Labute approximate surface area is 118 Å². The minimum atomic E-state index is -0.870. The van der Waals surface area contributed by atoms with Crippen LogP contribution in [0.15, 0.2) is 18.2 Å². The normalized spacial score (nSPS) is 12.2. The lowest BCUT2D eigenvalue weighted by Gasteiger charge is -2.13. The Kier molecular flexibility index (Phi) is 5.65. The van der Waals surface area contributed by atoms with Crippen molar-refractivity contribution in [3.63, 3.8) is 0 Å². The molecule has 0 radical (unpaired) electrons. The SMILES string of the molecule is CC(C)CCC(=O)C(C#N)c1c(Cl)cccc1Cl. The van der Waals surface area contributed by atoms with E-state index >= 15 is 0 Å². The Morgan fingerprint density at radius 1 is 1.33 bits per heavy atom. The van der Waals surface area contributed by atoms with Gasteiger partial charge in [0.15, 0.2) is 5.78 Å². The minimum absolute atomic E-state index is 0.124. The number of hydrogen-bond acceptors (Lipinski definition) is 2.